The average molecular weight is 315 g/mol. The number of fused-ring (bicyclic) bond motifs is 1. The van der Waals surface area contributed by atoms with E-state index in [1.165, 1.54) is 6.33 Å². The van der Waals surface area contributed by atoms with Crippen molar-refractivity contribution >= 4 is 43.2 Å². The number of rotatable bonds is 5. The van der Waals surface area contributed by atoms with Crippen molar-refractivity contribution < 1.29 is 18.3 Å². The zero-order valence-electron chi connectivity index (χ0n) is 10.9. The Balaban J connectivity index is 2.36. The summed E-state index contributed by atoms with van der Waals surface area (Å²) >= 11 is 1.08. The van der Waals surface area contributed by atoms with Crippen LogP contribution in [0.3, 0.4) is 0 Å². The van der Waals surface area contributed by atoms with Gasteiger partial charge in [-0.1, -0.05) is 0 Å². The third kappa shape index (κ3) is 3.05. The molecule has 7 nitrogen and oxygen atoms in total. The molecule has 9 heteroatoms. The molecule has 2 heterocycles. The Labute approximate surface area is 119 Å². The van der Waals surface area contributed by atoms with Crippen molar-refractivity contribution in [3.8, 4) is 0 Å². The van der Waals surface area contributed by atoms with E-state index in [9.17, 15) is 13.2 Å². The van der Waals surface area contributed by atoms with Gasteiger partial charge >= 0.3 is 5.97 Å². The van der Waals surface area contributed by atoms with Gasteiger partial charge in [0.25, 0.3) is 0 Å². The smallest absolute Gasteiger partial charge is 0.346 e. The van der Waals surface area contributed by atoms with Crippen LogP contribution in [0, 0.1) is 6.92 Å². The van der Waals surface area contributed by atoms with Gasteiger partial charge in [-0.05, 0) is 12.5 Å². The number of sulfone groups is 1. The number of nitrogens with zero attached hydrogens (tertiary/aromatic N) is 2. The van der Waals surface area contributed by atoms with Crippen LogP contribution in [0.15, 0.2) is 6.33 Å². The first-order valence-electron chi connectivity index (χ1n) is 5.68. The largest absolute Gasteiger partial charge is 0.477 e. The lowest BCUT2D eigenvalue weighted by molar-refractivity contribution is 0.0701. The van der Waals surface area contributed by atoms with Crippen LogP contribution in [0.2, 0.25) is 0 Å². The Bertz CT molecular complexity index is 767. The number of anilines is 1. The molecule has 0 radical (unpaired) electrons. The highest BCUT2D eigenvalue weighted by Gasteiger charge is 2.18. The van der Waals surface area contributed by atoms with E-state index in [0.29, 0.717) is 21.6 Å². The zero-order valence-corrected chi connectivity index (χ0v) is 12.5. The predicted molar refractivity (Wildman–Crippen MR) is 77.3 cm³/mol. The summed E-state index contributed by atoms with van der Waals surface area (Å²) in [5.74, 6) is -0.569. The molecule has 2 aromatic heterocycles. The van der Waals surface area contributed by atoms with E-state index in [1.54, 1.807) is 6.92 Å². The van der Waals surface area contributed by atoms with Crippen molar-refractivity contribution in [2.45, 2.75) is 6.92 Å². The first-order chi connectivity index (χ1) is 9.29. The van der Waals surface area contributed by atoms with Gasteiger partial charge in [-0.3, -0.25) is 0 Å². The van der Waals surface area contributed by atoms with Crippen LogP contribution in [0.25, 0.3) is 10.2 Å². The summed E-state index contributed by atoms with van der Waals surface area (Å²) in [5.41, 5.74) is 0.583. The van der Waals surface area contributed by atoms with Crippen LogP contribution in [0.1, 0.15) is 15.2 Å². The molecule has 0 fully saturated rings. The lowest BCUT2D eigenvalue weighted by Crippen LogP contribution is -2.15. The number of thiophene rings is 1. The molecule has 0 bridgehead atoms. The Morgan fingerprint density at radius 2 is 2.15 bits per heavy atom. The summed E-state index contributed by atoms with van der Waals surface area (Å²) in [5, 5.41) is 12.7. The van der Waals surface area contributed by atoms with Gasteiger partial charge in [0.2, 0.25) is 0 Å². The van der Waals surface area contributed by atoms with E-state index in [1.807, 2.05) is 0 Å². The highest BCUT2D eigenvalue weighted by Crippen LogP contribution is 2.32. The molecular weight excluding hydrogens is 302 g/mol. The van der Waals surface area contributed by atoms with Crippen LogP contribution < -0.4 is 5.32 Å². The van der Waals surface area contributed by atoms with Crippen LogP contribution in [0.5, 0.6) is 0 Å². The maximum absolute atomic E-state index is 11.1. The Morgan fingerprint density at radius 1 is 1.45 bits per heavy atom. The number of nitrogens with one attached hydrogen (secondary N) is 1. The van der Waals surface area contributed by atoms with Crippen LogP contribution in [-0.4, -0.2) is 48.0 Å². The van der Waals surface area contributed by atoms with Gasteiger partial charge in [0.05, 0.1) is 11.1 Å². The molecule has 0 saturated carbocycles. The highest BCUT2D eigenvalue weighted by molar-refractivity contribution is 7.90. The molecule has 2 rings (SSSR count). The van der Waals surface area contributed by atoms with E-state index in [2.05, 4.69) is 15.3 Å². The molecule has 0 amide bonds. The summed E-state index contributed by atoms with van der Waals surface area (Å²) in [7, 11) is -3.06. The molecule has 108 valence electrons. The number of aryl methyl sites for hydroxylation is 1. The van der Waals surface area contributed by atoms with Gasteiger partial charge in [-0.25, -0.2) is 23.2 Å². The zero-order chi connectivity index (χ0) is 14.9. The van der Waals surface area contributed by atoms with Crippen molar-refractivity contribution in [3.63, 3.8) is 0 Å². The fraction of sp³-hybridized carbons (Fsp3) is 0.364. The monoisotopic (exact) mass is 315 g/mol. The van der Waals surface area contributed by atoms with E-state index in [4.69, 9.17) is 5.11 Å². The third-order valence-electron chi connectivity index (χ3n) is 2.69. The molecule has 0 spiro atoms. The van der Waals surface area contributed by atoms with E-state index < -0.39 is 15.8 Å². The van der Waals surface area contributed by atoms with Crippen LogP contribution >= 0.6 is 11.3 Å². The molecule has 0 unspecified atom stereocenters. The number of aromatic nitrogens is 2. The molecule has 2 aromatic rings. The van der Waals surface area contributed by atoms with Gasteiger partial charge in [-0.15, -0.1) is 11.3 Å². The van der Waals surface area contributed by atoms with Gasteiger partial charge in [0, 0.05) is 12.8 Å². The maximum atomic E-state index is 11.1. The summed E-state index contributed by atoms with van der Waals surface area (Å²) in [6, 6.07) is 0. The summed E-state index contributed by atoms with van der Waals surface area (Å²) in [4.78, 5) is 20.0. The summed E-state index contributed by atoms with van der Waals surface area (Å²) in [6.07, 6.45) is 2.48. The Hall–Kier alpha value is -1.74. The quantitative estimate of drug-likeness (QED) is 0.851. The summed E-state index contributed by atoms with van der Waals surface area (Å²) < 4.78 is 22.2. The molecule has 0 aliphatic heterocycles. The number of hydrogen-bond acceptors (Lipinski definition) is 7. The fourth-order valence-electron chi connectivity index (χ4n) is 1.76. The minimum absolute atomic E-state index is 0.0204. The van der Waals surface area contributed by atoms with E-state index >= 15 is 0 Å². The van der Waals surface area contributed by atoms with Crippen LogP contribution in [-0.2, 0) is 9.84 Å². The molecule has 0 aliphatic rings. The number of carbonyl (C=O) groups is 1. The van der Waals surface area contributed by atoms with Crippen molar-refractivity contribution in [3.05, 3.63) is 16.8 Å². The minimum Gasteiger partial charge on any atom is -0.477 e. The van der Waals surface area contributed by atoms with Crippen molar-refractivity contribution in [1.82, 2.24) is 9.97 Å². The molecule has 0 aliphatic carbocycles. The lowest BCUT2D eigenvalue weighted by Gasteiger charge is -2.06. The fourth-order valence-corrected chi connectivity index (χ4v) is 3.22. The van der Waals surface area contributed by atoms with Crippen molar-refractivity contribution in [1.29, 1.82) is 0 Å². The number of hydrogen-bond donors (Lipinski definition) is 2. The van der Waals surface area contributed by atoms with Gasteiger partial charge < -0.3 is 10.4 Å². The van der Waals surface area contributed by atoms with Gasteiger partial charge in [0.15, 0.2) is 0 Å². The molecule has 0 saturated heterocycles. The minimum atomic E-state index is -3.06. The van der Waals surface area contributed by atoms with Gasteiger partial charge in [-0.2, -0.15) is 0 Å². The molecule has 0 aromatic carbocycles. The molecule has 2 N–H and O–H groups in total. The second kappa shape index (κ2) is 5.33. The average Bonchev–Trinajstić information content (AvgIpc) is 2.66. The molecule has 20 heavy (non-hydrogen) atoms. The Kier molecular flexibility index (Phi) is 3.91. The van der Waals surface area contributed by atoms with Crippen molar-refractivity contribution in [2.24, 2.45) is 0 Å². The van der Waals surface area contributed by atoms with E-state index in [0.717, 1.165) is 17.6 Å². The SMILES string of the molecule is Cc1c(C(=O)O)sc2ncnc(NCCS(C)(=O)=O)c12. The predicted octanol–water partition coefficient (Wildman–Crippen LogP) is 1.15. The Morgan fingerprint density at radius 3 is 2.75 bits per heavy atom. The van der Waals surface area contributed by atoms with Crippen LogP contribution in [0.4, 0.5) is 5.82 Å². The lowest BCUT2D eigenvalue weighted by atomic mass is 10.2. The third-order valence-corrected chi connectivity index (χ3v) is 4.82. The second-order valence-electron chi connectivity index (χ2n) is 4.32. The maximum Gasteiger partial charge on any atom is 0.346 e. The van der Waals surface area contributed by atoms with Gasteiger partial charge in [0.1, 0.15) is 31.7 Å². The van der Waals surface area contributed by atoms with Crippen molar-refractivity contribution in [2.75, 3.05) is 23.9 Å². The first-order valence-corrected chi connectivity index (χ1v) is 8.56. The number of carboxylic acid groups (broad SMARTS) is 1. The molecular formula is C11H13N3O4S2. The standard InChI is InChI=1S/C11H13N3O4S2/c1-6-7-9(12-3-4-20(2,17)18)13-5-14-10(7)19-8(6)11(15)16/h5H,3-4H2,1-2H3,(H,15,16)(H,12,13,14). The summed E-state index contributed by atoms with van der Waals surface area (Å²) in [6.45, 7) is 1.90. The topological polar surface area (TPSA) is 109 Å². The molecule has 0 atom stereocenters. The second-order valence-corrected chi connectivity index (χ2v) is 7.58. The van der Waals surface area contributed by atoms with E-state index in [-0.39, 0.29) is 17.2 Å². The normalized spacial score (nSPS) is 11.7. The number of carboxylic acids is 1. The highest BCUT2D eigenvalue weighted by atomic mass is 32.2. The number of aromatic carboxylic acids is 1. The first kappa shape index (κ1) is 14.7.